The van der Waals surface area contributed by atoms with Crippen LogP contribution in [0.3, 0.4) is 0 Å². The van der Waals surface area contributed by atoms with Crippen LogP contribution in [0.4, 0.5) is 0 Å². The Hall–Kier alpha value is -3.37. The quantitative estimate of drug-likeness (QED) is 0.206. The lowest BCUT2D eigenvalue weighted by atomic mass is 9.94. The van der Waals surface area contributed by atoms with Crippen molar-refractivity contribution >= 4 is 22.2 Å². The van der Waals surface area contributed by atoms with Crippen LogP contribution in [0.5, 0.6) is 5.75 Å². The van der Waals surface area contributed by atoms with Crippen LogP contribution in [0, 0.1) is 6.92 Å². The van der Waals surface area contributed by atoms with Crippen LogP contribution in [-0.4, -0.2) is 17.1 Å². The minimum absolute atomic E-state index is 0.717. The number of ether oxygens (including phenoxy) is 1. The number of benzene rings is 3. The second-order valence-electron chi connectivity index (χ2n) is 6.80. The highest BCUT2D eigenvalue weighted by Gasteiger charge is 2.17. The maximum Gasteiger partial charge on any atom is 0.192 e. The summed E-state index contributed by atoms with van der Waals surface area (Å²) in [6, 6.07) is 29.1. The smallest absolute Gasteiger partial charge is 0.192 e. The van der Waals surface area contributed by atoms with Gasteiger partial charge in [0.1, 0.15) is 5.75 Å². The standard InChI is InChI=1S/C26H22N2OS/c1-19-9-11-20(12-10-19)24(21-13-15-23(29-2)16-14-21)25(22-7-4-3-5-8-22)30-26-27-17-6-18-28-26/h3-18H,1-2H3/b25-24-. The molecular weight excluding hydrogens is 388 g/mol. The first-order chi connectivity index (χ1) is 14.7. The number of rotatable bonds is 6. The number of nitrogens with zero attached hydrogens (tertiary/aromatic N) is 2. The van der Waals surface area contributed by atoms with E-state index in [1.54, 1.807) is 31.3 Å². The summed E-state index contributed by atoms with van der Waals surface area (Å²) < 4.78 is 5.37. The average Bonchev–Trinajstić information content (AvgIpc) is 2.81. The van der Waals surface area contributed by atoms with Crippen molar-refractivity contribution in [2.75, 3.05) is 7.11 Å². The number of aryl methyl sites for hydroxylation is 1. The maximum atomic E-state index is 5.37. The van der Waals surface area contributed by atoms with E-state index < -0.39 is 0 Å². The molecule has 0 saturated heterocycles. The van der Waals surface area contributed by atoms with Crippen molar-refractivity contribution in [2.24, 2.45) is 0 Å². The van der Waals surface area contributed by atoms with Gasteiger partial charge in [0, 0.05) is 22.9 Å². The van der Waals surface area contributed by atoms with Crippen LogP contribution >= 0.6 is 11.8 Å². The molecule has 3 aromatic carbocycles. The van der Waals surface area contributed by atoms with Crippen molar-refractivity contribution in [3.8, 4) is 5.75 Å². The van der Waals surface area contributed by atoms with E-state index >= 15 is 0 Å². The van der Waals surface area contributed by atoms with Gasteiger partial charge in [-0.1, -0.05) is 72.3 Å². The lowest BCUT2D eigenvalue weighted by Gasteiger charge is -2.17. The van der Waals surface area contributed by atoms with E-state index in [0.29, 0.717) is 0 Å². The molecule has 30 heavy (non-hydrogen) atoms. The lowest BCUT2D eigenvalue weighted by molar-refractivity contribution is 0.415. The molecule has 0 atom stereocenters. The molecule has 0 spiro atoms. The molecule has 148 valence electrons. The van der Waals surface area contributed by atoms with Crippen LogP contribution in [0.15, 0.2) is 102 Å². The molecule has 1 aromatic heterocycles. The predicted octanol–water partition coefficient (Wildman–Crippen LogP) is 6.50. The predicted molar refractivity (Wildman–Crippen MR) is 124 cm³/mol. The van der Waals surface area contributed by atoms with Crippen molar-refractivity contribution in [2.45, 2.75) is 12.1 Å². The largest absolute Gasteiger partial charge is 0.497 e. The first-order valence-corrected chi connectivity index (χ1v) is 10.5. The van der Waals surface area contributed by atoms with Crippen LogP contribution < -0.4 is 4.74 Å². The fraction of sp³-hybridized carbons (Fsp3) is 0.0769. The molecule has 4 rings (SSSR count). The molecular formula is C26H22N2OS. The van der Waals surface area contributed by atoms with Gasteiger partial charge in [-0.2, -0.15) is 0 Å². The highest BCUT2D eigenvalue weighted by atomic mass is 32.2. The van der Waals surface area contributed by atoms with Crippen LogP contribution in [0.2, 0.25) is 0 Å². The molecule has 0 saturated carbocycles. The summed E-state index contributed by atoms with van der Waals surface area (Å²) in [4.78, 5) is 10.0. The van der Waals surface area contributed by atoms with Gasteiger partial charge in [0.15, 0.2) is 5.16 Å². The molecule has 0 aliphatic heterocycles. The third kappa shape index (κ3) is 4.61. The van der Waals surface area contributed by atoms with E-state index in [-0.39, 0.29) is 0 Å². The molecule has 3 nitrogen and oxygen atoms in total. The Labute approximate surface area is 181 Å². The third-order valence-corrected chi connectivity index (χ3v) is 5.75. The molecule has 0 bridgehead atoms. The highest BCUT2D eigenvalue weighted by molar-refractivity contribution is 8.08. The van der Waals surface area contributed by atoms with E-state index in [2.05, 4.69) is 77.6 Å². The van der Waals surface area contributed by atoms with E-state index in [0.717, 1.165) is 38.1 Å². The first kappa shape index (κ1) is 19.9. The first-order valence-electron chi connectivity index (χ1n) is 9.70. The Bertz CT molecular complexity index is 1120. The number of hydrogen-bond acceptors (Lipinski definition) is 4. The van der Waals surface area contributed by atoms with Crippen molar-refractivity contribution in [1.29, 1.82) is 0 Å². The minimum atomic E-state index is 0.717. The number of aromatic nitrogens is 2. The Morgan fingerprint density at radius 2 is 1.30 bits per heavy atom. The molecule has 0 fully saturated rings. The Morgan fingerprint density at radius 1 is 0.700 bits per heavy atom. The van der Waals surface area contributed by atoms with Gasteiger partial charge in [0.25, 0.3) is 0 Å². The Morgan fingerprint density at radius 3 is 1.90 bits per heavy atom. The average molecular weight is 411 g/mol. The molecule has 4 heteroatoms. The molecule has 0 aliphatic rings. The molecule has 0 amide bonds. The van der Waals surface area contributed by atoms with E-state index in [9.17, 15) is 0 Å². The summed E-state index contributed by atoms with van der Waals surface area (Å²) in [5.41, 5.74) is 5.76. The second-order valence-corrected chi connectivity index (χ2v) is 7.78. The van der Waals surface area contributed by atoms with E-state index in [1.165, 1.54) is 5.56 Å². The molecule has 0 unspecified atom stereocenters. The van der Waals surface area contributed by atoms with Gasteiger partial charge in [-0.3, -0.25) is 0 Å². The van der Waals surface area contributed by atoms with Crippen molar-refractivity contribution < 1.29 is 4.74 Å². The number of methoxy groups -OCH3 is 1. The SMILES string of the molecule is COc1ccc(/C(=C(\Sc2ncccn2)c2ccccc2)c2ccc(C)cc2)cc1. The van der Waals surface area contributed by atoms with Gasteiger partial charge >= 0.3 is 0 Å². The fourth-order valence-corrected chi connectivity index (χ4v) is 4.18. The number of thioether (sulfide) groups is 1. The van der Waals surface area contributed by atoms with Crippen molar-refractivity contribution in [1.82, 2.24) is 9.97 Å². The zero-order valence-electron chi connectivity index (χ0n) is 16.9. The van der Waals surface area contributed by atoms with Gasteiger partial charge in [0.2, 0.25) is 0 Å². The van der Waals surface area contributed by atoms with Crippen LogP contribution in [0.1, 0.15) is 22.3 Å². The van der Waals surface area contributed by atoms with E-state index in [1.807, 2.05) is 24.3 Å². The summed E-state index contributed by atoms with van der Waals surface area (Å²) in [6.45, 7) is 2.10. The summed E-state index contributed by atoms with van der Waals surface area (Å²) in [6.07, 6.45) is 3.55. The van der Waals surface area contributed by atoms with Crippen LogP contribution in [-0.2, 0) is 0 Å². The van der Waals surface area contributed by atoms with Gasteiger partial charge in [0.05, 0.1) is 7.11 Å². The fourth-order valence-electron chi connectivity index (χ4n) is 3.18. The van der Waals surface area contributed by atoms with Crippen molar-refractivity contribution in [3.63, 3.8) is 0 Å². The minimum Gasteiger partial charge on any atom is -0.497 e. The van der Waals surface area contributed by atoms with Gasteiger partial charge in [-0.15, -0.1) is 0 Å². The van der Waals surface area contributed by atoms with Crippen LogP contribution in [0.25, 0.3) is 10.5 Å². The second kappa shape index (κ2) is 9.42. The topological polar surface area (TPSA) is 35.0 Å². The normalized spacial score (nSPS) is 11.7. The Balaban J connectivity index is 1.96. The molecule has 1 heterocycles. The monoisotopic (exact) mass is 410 g/mol. The zero-order chi connectivity index (χ0) is 20.8. The molecule has 0 aliphatic carbocycles. The number of hydrogen-bond donors (Lipinski definition) is 0. The van der Waals surface area contributed by atoms with Gasteiger partial charge < -0.3 is 4.74 Å². The van der Waals surface area contributed by atoms with Crippen molar-refractivity contribution in [3.05, 3.63) is 120 Å². The molecule has 4 aromatic rings. The summed E-state index contributed by atoms with van der Waals surface area (Å²) >= 11 is 1.58. The highest BCUT2D eigenvalue weighted by Crippen LogP contribution is 2.42. The Kier molecular flexibility index (Phi) is 6.26. The molecule has 0 radical (unpaired) electrons. The third-order valence-electron chi connectivity index (χ3n) is 4.72. The summed E-state index contributed by atoms with van der Waals surface area (Å²) in [5.74, 6) is 0.835. The van der Waals surface area contributed by atoms with Gasteiger partial charge in [-0.05, 0) is 53.6 Å². The molecule has 0 N–H and O–H groups in total. The van der Waals surface area contributed by atoms with Gasteiger partial charge in [-0.25, -0.2) is 9.97 Å². The maximum absolute atomic E-state index is 5.37. The summed E-state index contributed by atoms with van der Waals surface area (Å²) in [5, 5.41) is 0.717. The zero-order valence-corrected chi connectivity index (χ0v) is 17.8. The summed E-state index contributed by atoms with van der Waals surface area (Å²) in [7, 11) is 1.68. The van der Waals surface area contributed by atoms with E-state index in [4.69, 9.17) is 4.74 Å². The lowest BCUT2D eigenvalue weighted by Crippen LogP contribution is -1.95.